The molecule has 0 saturated carbocycles. The average molecular weight is 248 g/mol. The summed E-state index contributed by atoms with van der Waals surface area (Å²) in [5, 5.41) is 12.5. The molecule has 0 aliphatic heterocycles. The van der Waals surface area contributed by atoms with E-state index in [4.69, 9.17) is 5.73 Å². The Morgan fingerprint density at radius 1 is 1.41 bits per heavy atom. The summed E-state index contributed by atoms with van der Waals surface area (Å²) in [4.78, 5) is 4.40. The number of hydrogen-bond acceptors (Lipinski definition) is 4. The quantitative estimate of drug-likeness (QED) is 0.872. The monoisotopic (exact) mass is 248 g/mol. The maximum atomic E-state index is 9.37. The van der Waals surface area contributed by atoms with Gasteiger partial charge in [0.25, 0.3) is 0 Å². The molecule has 0 radical (unpaired) electrons. The first-order valence-corrected chi connectivity index (χ1v) is 6.46. The maximum absolute atomic E-state index is 9.37. The van der Waals surface area contributed by atoms with Crippen molar-refractivity contribution in [3.05, 3.63) is 45.9 Å². The Balaban J connectivity index is 1.95. The Morgan fingerprint density at radius 3 is 2.88 bits per heavy atom. The van der Waals surface area contributed by atoms with E-state index in [0.29, 0.717) is 5.75 Å². The van der Waals surface area contributed by atoms with Gasteiger partial charge in [0.1, 0.15) is 5.75 Å². The number of nitrogens with two attached hydrogens (primary N) is 1. The lowest BCUT2D eigenvalue weighted by Crippen LogP contribution is -2.25. The molecular formula is C13H16N2OS. The minimum Gasteiger partial charge on any atom is -0.508 e. The molecule has 4 heteroatoms. The van der Waals surface area contributed by atoms with E-state index >= 15 is 0 Å². The third-order valence-corrected chi connectivity index (χ3v) is 3.37. The summed E-state index contributed by atoms with van der Waals surface area (Å²) in [5.74, 6) is 0.291. The van der Waals surface area contributed by atoms with Gasteiger partial charge in [-0.3, -0.25) is 0 Å². The number of rotatable bonds is 4. The molecule has 3 nitrogen and oxygen atoms in total. The third kappa shape index (κ3) is 3.54. The fraction of sp³-hybridized carbons (Fsp3) is 0.308. The van der Waals surface area contributed by atoms with Gasteiger partial charge < -0.3 is 10.8 Å². The number of hydrogen-bond donors (Lipinski definition) is 2. The Morgan fingerprint density at radius 2 is 2.24 bits per heavy atom. The second-order valence-electron chi connectivity index (χ2n) is 4.20. The van der Waals surface area contributed by atoms with Crippen LogP contribution in [0.2, 0.25) is 0 Å². The molecule has 3 N–H and O–H groups in total. The zero-order chi connectivity index (χ0) is 12.3. The first-order valence-electron chi connectivity index (χ1n) is 5.58. The summed E-state index contributed by atoms with van der Waals surface area (Å²) in [5.41, 5.74) is 8.20. The van der Waals surface area contributed by atoms with Gasteiger partial charge in [-0.15, -0.1) is 11.3 Å². The van der Waals surface area contributed by atoms with Crippen LogP contribution in [0.5, 0.6) is 5.75 Å². The number of aromatic nitrogens is 1. The van der Waals surface area contributed by atoms with Gasteiger partial charge in [-0.1, -0.05) is 12.1 Å². The van der Waals surface area contributed by atoms with Gasteiger partial charge >= 0.3 is 0 Å². The van der Waals surface area contributed by atoms with E-state index in [9.17, 15) is 5.11 Å². The summed E-state index contributed by atoms with van der Waals surface area (Å²) in [7, 11) is 0. The fourth-order valence-electron chi connectivity index (χ4n) is 1.83. The normalized spacial score (nSPS) is 12.6. The maximum Gasteiger partial charge on any atom is 0.115 e. The highest BCUT2D eigenvalue weighted by Gasteiger charge is 2.08. The number of thiazole rings is 1. The summed E-state index contributed by atoms with van der Waals surface area (Å²) in [6.07, 6.45) is 1.53. The van der Waals surface area contributed by atoms with E-state index in [1.165, 1.54) is 0 Å². The van der Waals surface area contributed by atoms with Gasteiger partial charge in [0.2, 0.25) is 0 Å². The SMILES string of the molecule is Cc1nc(CC(N)Cc2cccc(O)c2)cs1. The zero-order valence-corrected chi connectivity index (χ0v) is 10.6. The van der Waals surface area contributed by atoms with Crippen LogP contribution < -0.4 is 5.73 Å². The van der Waals surface area contributed by atoms with Crippen molar-refractivity contribution < 1.29 is 5.11 Å². The molecule has 2 rings (SSSR count). The summed E-state index contributed by atoms with van der Waals surface area (Å²) < 4.78 is 0. The zero-order valence-electron chi connectivity index (χ0n) is 9.76. The molecule has 17 heavy (non-hydrogen) atoms. The molecule has 0 fully saturated rings. The molecule has 0 saturated heterocycles. The highest BCUT2D eigenvalue weighted by atomic mass is 32.1. The predicted octanol–water partition coefficient (Wildman–Crippen LogP) is 2.27. The number of phenolic OH excluding ortho intramolecular Hbond substituents is 1. The molecule has 0 aliphatic carbocycles. The van der Waals surface area contributed by atoms with E-state index in [0.717, 1.165) is 29.1 Å². The lowest BCUT2D eigenvalue weighted by atomic mass is 10.0. The van der Waals surface area contributed by atoms with Crippen molar-refractivity contribution in [1.82, 2.24) is 4.98 Å². The predicted molar refractivity (Wildman–Crippen MR) is 70.3 cm³/mol. The highest BCUT2D eigenvalue weighted by Crippen LogP contribution is 2.14. The van der Waals surface area contributed by atoms with Crippen molar-refractivity contribution in [2.24, 2.45) is 5.73 Å². The van der Waals surface area contributed by atoms with Gasteiger partial charge in [0.05, 0.1) is 10.7 Å². The molecule has 0 amide bonds. The van der Waals surface area contributed by atoms with Crippen molar-refractivity contribution in [1.29, 1.82) is 0 Å². The fourth-order valence-corrected chi connectivity index (χ4v) is 2.45. The van der Waals surface area contributed by atoms with Crippen LogP contribution in [0.3, 0.4) is 0 Å². The van der Waals surface area contributed by atoms with Crippen LogP contribution >= 0.6 is 11.3 Å². The van der Waals surface area contributed by atoms with Crippen LogP contribution in [-0.4, -0.2) is 16.1 Å². The largest absolute Gasteiger partial charge is 0.508 e. The molecule has 90 valence electrons. The second-order valence-corrected chi connectivity index (χ2v) is 5.26. The van der Waals surface area contributed by atoms with Gasteiger partial charge in [0, 0.05) is 17.8 Å². The van der Waals surface area contributed by atoms with Gasteiger partial charge in [-0.25, -0.2) is 4.98 Å². The van der Waals surface area contributed by atoms with Gasteiger partial charge in [0.15, 0.2) is 0 Å². The molecule has 1 unspecified atom stereocenters. The molecular weight excluding hydrogens is 232 g/mol. The Bertz CT molecular complexity index is 496. The Kier molecular flexibility index (Phi) is 3.76. The van der Waals surface area contributed by atoms with Crippen LogP contribution in [0.25, 0.3) is 0 Å². The van der Waals surface area contributed by atoms with Crippen LogP contribution in [0.4, 0.5) is 0 Å². The van der Waals surface area contributed by atoms with Crippen molar-refractivity contribution in [3.63, 3.8) is 0 Å². The first kappa shape index (κ1) is 12.1. The molecule has 1 aromatic carbocycles. The number of aromatic hydroxyl groups is 1. The van der Waals surface area contributed by atoms with Crippen molar-refractivity contribution in [2.45, 2.75) is 25.8 Å². The molecule has 1 heterocycles. The molecule has 0 aliphatic rings. The summed E-state index contributed by atoms with van der Waals surface area (Å²) in [6.45, 7) is 1.99. The Labute approximate surface area is 105 Å². The van der Waals surface area contributed by atoms with E-state index in [1.54, 1.807) is 23.5 Å². The van der Waals surface area contributed by atoms with Crippen LogP contribution in [0.15, 0.2) is 29.6 Å². The van der Waals surface area contributed by atoms with Crippen LogP contribution in [0, 0.1) is 6.92 Å². The topological polar surface area (TPSA) is 59.1 Å². The standard InChI is InChI=1S/C13H16N2OS/c1-9-15-12(8-17-9)7-11(14)5-10-3-2-4-13(16)6-10/h2-4,6,8,11,16H,5,7,14H2,1H3. The van der Waals surface area contributed by atoms with Crippen molar-refractivity contribution >= 4 is 11.3 Å². The minimum atomic E-state index is 0.0401. The highest BCUT2D eigenvalue weighted by molar-refractivity contribution is 7.09. The van der Waals surface area contributed by atoms with Crippen molar-refractivity contribution in [2.75, 3.05) is 0 Å². The van der Waals surface area contributed by atoms with E-state index in [1.807, 2.05) is 19.1 Å². The number of aryl methyl sites for hydroxylation is 1. The van der Waals surface area contributed by atoms with E-state index < -0.39 is 0 Å². The minimum absolute atomic E-state index is 0.0401. The summed E-state index contributed by atoms with van der Waals surface area (Å²) in [6, 6.07) is 7.28. The van der Waals surface area contributed by atoms with E-state index in [2.05, 4.69) is 10.4 Å². The summed E-state index contributed by atoms with van der Waals surface area (Å²) >= 11 is 1.65. The van der Waals surface area contributed by atoms with Crippen LogP contribution in [-0.2, 0) is 12.8 Å². The lowest BCUT2D eigenvalue weighted by molar-refractivity contribution is 0.474. The number of nitrogens with zero attached hydrogens (tertiary/aromatic N) is 1. The molecule has 1 aromatic heterocycles. The Hall–Kier alpha value is -1.39. The number of phenols is 1. The van der Waals surface area contributed by atoms with Crippen LogP contribution in [0.1, 0.15) is 16.3 Å². The van der Waals surface area contributed by atoms with E-state index in [-0.39, 0.29) is 6.04 Å². The molecule has 2 aromatic rings. The molecule has 0 spiro atoms. The smallest absolute Gasteiger partial charge is 0.115 e. The van der Waals surface area contributed by atoms with Gasteiger partial charge in [-0.05, 0) is 31.0 Å². The average Bonchev–Trinajstić information content (AvgIpc) is 2.63. The lowest BCUT2D eigenvalue weighted by Gasteiger charge is -2.10. The number of benzene rings is 1. The third-order valence-electron chi connectivity index (χ3n) is 2.55. The first-order chi connectivity index (χ1) is 8.13. The second kappa shape index (κ2) is 5.29. The van der Waals surface area contributed by atoms with Crippen molar-refractivity contribution in [3.8, 4) is 5.75 Å². The molecule has 1 atom stereocenters. The molecule has 0 bridgehead atoms. The van der Waals surface area contributed by atoms with Gasteiger partial charge in [-0.2, -0.15) is 0 Å².